The van der Waals surface area contributed by atoms with Gasteiger partial charge in [-0.15, -0.1) is 0 Å². The lowest BCUT2D eigenvalue weighted by molar-refractivity contribution is 0.875. The van der Waals surface area contributed by atoms with Crippen LogP contribution in [-0.2, 0) is 6.42 Å². The zero-order chi connectivity index (χ0) is 16.0. The van der Waals surface area contributed by atoms with E-state index in [-0.39, 0.29) is 0 Å². The van der Waals surface area contributed by atoms with E-state index in [1.807, 2.05) is 35.0 Å². The maximum Gasteiger partial charge on any atom is 0.133 e. The van der Waals surface area contributed by atoms with Gasteiger partial charge in [-0.25, -0.2) is 4.68 Å². The van der Waals surface area contributed by atoms with Gasteiger partial charge in [-0.1, -0.05) is 47.5 Å². The monoisotopic (exact) mass is 343 g/mol. The molecule has 0 radical (unpaired) electrons. The SMILES string of the molecule is Cc1ccccc1-n1nc(-c2ccc(Cl)c(Cl)c2)c2c1NCC2. The second kappa shape index (κ2) is 5.59. The van der Waals surface area contributed by atoms with Crippen LogP contribution in [0.4, 0.5) is 5.82 Å². The lowest BCUT2D eigenvalue weighted by Crippen LogP contribution is -2.05. The van der Waals surface area contributed by atoms with Crippen molar-refractivity contribution in [2.45, 2.75) is 13.3 Å². The fourth-order valence-electron chi connectivity index (χ4n) is 3.03. The molecular formula is C18H15Cl2N3. The van der Waals surface area contributed by atoms with Gasteiger partial charge in [0.05, 0.1) is 21.4 Å². The first-order chi connectivity index (χ1) is 11.1. The van der Waals surface area contributed by atoms with E-state index in [0.29, 0.717) is 10.0 Å². The number of anilines is 1. The summed E-state index contributed by atoms with van der Waals surface area (Å²) in [5.74, 6) is 1.07. The molecule has 0 fully saturated rings. The van der Waals surface area contributed by atoms with E-state index in [4.69, 9.17) is 28.3 Å². The Kier molecular flexibility index (Phi) is 3.55. The fraction of sp³-hybridized carbons (Fsp3) is 0.167. The lowest BCUT2D eigenvalue weighted by atomic mass is 10.1. The van der Waals surface area contributed by atoms with Crippen LogP contribution in [0.5, 0.6) is 0 Å². The normalized spacial score (nSPS) is 13.0. The minimum absolute atomic E-state index is 0.550. The number of benzene rings is 2. The number of aromatic nitrogens is 2. The molecule has 0 saturated heterocycles. The van der Waals surface area contributed by atoms with Crippen LogP contribution in [0.2, 0.25) is 10.0 Å². The summed E-state index contributed by atoms with van der Waals surface area (Å²) in [6.45, 7) is 3.02. The van der Waals surface area contributed by atoms with Crippen molar-refractivity contribution in [3.8, 4) is 16.9 Å². The van der Waals surface area contributed by atoms with Crippen molar-refractivity contribution in [2.75, 3.05) is 11.9 Å². The van der Waals surface area contributed by atoms with E-state index in [0.717, 1.165) is 35.7 Å². The molecule has 23 heavy (non-hydrogen) atoms. The van der Waals surface area contributed by atoms with Crippen molar-refractivity contribution >= 4 is 29.0 Å². The van der Waals surface area contributed by atoms with Gasteiger partial charge in [0.1, 0.15) is 5.82 Å². The van der Waals surface area contributed by atoms with Crippen molar-refractivity contribution in [3.05, 3.63) is 63.6 Å². The number of hydrogen-bond donors (Lipinski definition) is 1. The minimum atomic E-state index is 0.550. The quantitative estimate of drug-likeness (QED) is 0.699. The molecule has 1 N–H and O–H groups in total. The van der Waals surface area contributed by atoms with Crippen LogP contribution in [-0.4, -0.2) is 16.3 Å². The molecule has 116 valence electrons. The second-order valence-electron chi connectivity index (χ2n) is 5.68. The smallest absolute Gasteiger partial charge is 0.133 e. The molecule has 1 aliphatic heterocycles. The summed E-state index contributed by atoms with van der Waals surface area (Å²) in [6, 6.07) is 13.9. The van der Waals surface area contributed by atoms with E-state index in [1.54, 1.807) is 0 Å². The van der Waals surface area contributed by atoms with Crippen LogP contribution in [0.1, 0.15) is 11.1 Å². The van der Waals surface area contributed by atoms with E-state index < -0.39 is 0 Å². The topological polar surface area (TPSA) is 29.9 Å². The predicted molar refractivity (Wildman–Crippen MR) is 96.0 cm³/mol. The van der Waals surface area contributed by atoms with Crippen LogP contribution in [0.25, 0.3) is 16.9 Å². The first-order valence-electron chi connectivity index (χ1n) is 7.52. The van der Waals surface area contributed by atoms with Gasteiger partial charge in [0.2, 0.25) is 0 Å². The van der Waals surface area contributed by atoms with Gasteiger partial charge in [-0.3, -0.25) is 0 Å². The summed E-state index contributed by atoms with van der Waals surface area (Å²) in [5, 5.41) is 9.42. The van der Waals surface area contributed by atoms with E-state index >= 15 is 0 Å². The van der Waals surface area contributed by atoms with Gasteiger partial charge in [0, 0.05) is 17.7 Å². The van der Waals surface area contributed by atoms with Crippen LogP contribution in [0.15, 0.2) is 42.5 Å². The Bertz CT molecular complexity index is 899. The first kappa shape index (κ1) is 14.6. The number of aryl methyl sites for hydroxylation is 1. The molecule has 2 aromatic carbocycles. The molecule has 0 atom stereocenters. The molecule has 0 aliphatic carbocycles. The highest BCUT2D eigenvalue weighted by Gasteiger charge is 2.24. The van der Waals surface area contributed by atoms with Crippen LogP contribution in [0.3, 0.4) is 0 Å². The van der Waals surface area contributed by atoms with E-state index in [1.165, 1.54) is 11.1 Å². The highest BCUT2D eigenvalue weighted by atomic mass is 35.5. The third-order valence-electron chi connectivity index (χ3n) is 4.19. The van der Waals surface area contributed by atoms with E-state index in [9.17, 15) is 0 Å². The molecule has 0 amide bonds. The molecule has 2 heterocycles. The molecule has 3 nitrogen and oxygen atoms in total. The molecule has 5 heteroatoms. The van der Waals surface area contributed by atoms with Gasteiger partial charge in [-0.2, -0.15) is 5.10 Å². The van der Waals surface area contributed by atoms with Crippen molar-refractivity contribution in [2.24, 2.45) is 0 Å². The lowest BCUT2D eigenvalue weighted by Gasteiger charge is -2.09. The zero-order valence-electron chi connectivity index (χ0n) is 12.6. The fourth-order valence-corrected chi connectivity index (χ4v) is 3.32. The number of nitrogens with zero attached hydrogens (tertiary/aromatic N) is 2. The molecule has 0 spiro atoms. The van der Waals surface area contributed by atoms with Gasteiger partial charge < -0.3 is 5.32 Å². The molecule has 3 aromatic rings. The molecule has 0 bridgehead atoms. The number of para-hydroxylation sites is 1. The third kappa shape index (κ3) is 2.41. The summed E-state index contributed by atoms with van der Waals surface area (Å²) in [7, 11) is 0. The number of nitrogens with one attached hydrogen (secondary N) is 1. The van der Waals surface area contributed by atoms with E-state index in [2.05, 4.69) is 24.4 Å². The number of hydrogen-bond acceptors (Lipinski definition) is 2. The van der Waals surface area contributed by atoms with Gasteiger partial charge in [0.25, 0.3) is 0 Å². The maximum atomic E-state index is 6.18. The predicted octanol–water partition coefficient (Wildman–Crippen LogP) is 5.12. The van der Waals surface area contributed by atoms with Crippen LogP contribution < -0.4 is 5.32 Å². The maximum absolute atomic E-state index is 6.18. The van der Waals surface area contributed by atoms with Gasteiger partial charge in [-0.05, 0) is 37.1 Å². The number of halogens is 2. The highest BCUT2D eigenvalue weighted by molar-refractivity contribution is 6.42. The Hall–Kier alpha value is -1.97. The van der Waals surface area contributed by atoms with Gasteiger partial charge >= 0.3 is 0 Å². The Morgan fingerprint density at radius 3 is 2.70 bits per heavy atom. The largest absolute Gasteiger partial charge is 0.369 e. The average molecular weight is 344 g/mol. The molecule has 4 rings (SSSR count). The molecular weight excluding hydrogens is 329 g/mol. The zero-order valence-corrected chi connectivity index (χ0v) is 14.1. The minimum Gasteiger partial charge on any atom is -0.369 e. The molecule has 1 aromatic heterocycles. The number of rotatable bonds is 2. The van der Waals surface area contributed by atoms with Crippen molar-refractivity contribution < 1.29 is 0 Å². The standard InChI is InChI=1S/C18H15Cl2N3/c1-11-4-2-3-5-16(11)23-18-13(8-9-21-18)17(22-23)12-6-7-14(19)15(20)10-12/h2-7,10,21H,8-9H2,1H3. The first-order valence-corrected chi connectivity index (χ1v) is 8.28. The van der Waals surface area contributed by atoms with Crippen LogP contribution >= 0.6 is 23.2 Å². The summed E-state index contributed by atoms with van der Waals surface area (Å²) in [4.78, 5) is 0. The van der Waals surface area contributed by atoms with Crippen molar-refractivity contribution in [3.63, 3.8) is 0 Å². The summed E-state index contributed by atoms with van der Waals surface area (Å²) in [5.41, 5.74) is 5.46. The Balaban J connectivity index is 1.91. The third-order valence-corrected chi connectivity index (χ3v) is 4.93. The van der Waals surface area contributed by atoms with Crippen molar-refractivity contribution in [1.82, 2.24) is 9.78 Å². The summed E-state index contributed by atoms with van der Waals surface area (Å²) in [6.07, 6.45) is 0.955. The second-order valence-corrected chi connectivity index (χ2v) is 6.49. The summed E-state index contributed by atoms with van der Waals surface area (Å²) >= 11 is 12.2. The van der Waals surface area contributed by atoms with Crippen molar-refractivity contribution in [1.29, 1.82) is 0 Å². The average Bonchev–Trinajstić information content (AvgIpc) is 3.13. The Morgan fingerprint density at radius 2 is 1.91 bits per heavy atom. The highest BCUT2D eigenvalue weighted by Crippen LogP contribution is 2.37. The molecule has 0 unspecified atom stereocenters. The number of fused-ring (bicyclic) bond motifs is 1. The Labute approximate surface area is 144 Å². The molecule has 1 aliphatic rings. The summed E-state index contributed by atoms with van der Waals surface area (Å²) < 4.78 is 2.00. The molecule has 0 saturated carbocycles. The Morgan fingerprint density at radius 1 is 1.09 bits per heavy atom. The van der Waals surface area contributed by atoms with Crippen LogP contribution in [0, 0.1) is 6.92 Å². The van der Waals surface area contributed by atoms with Gasteiger partial charge in [0.15, 0.2) is 0 Å².